The summed E-state index contributed by atoms with van der Waals surface area (Å²) in [6.45, 7) is 4.87. The Morgan fingerprint density at radius 3 is 2.76 bits per heavy atom. The van der Waals surface area contributed by atoms with Gasteiger partial charge in [0.1, 0.15) is 5.75 Å². The smallest absolute Gasteiger partial charge is 0.124 e. The van der Waals surface area contributed by atoms with E-state index in [1.807, 2.05) is 25.1 Å². The van der Waals surface area contributed by atoms with Crippen LogP contribution in [0.5, 0.6) is 5.75 Å². The van der Waals surface area contributed by atoms with E-state index in [-0.39, 0.29) is 6.61 Å². The lowest BCUT2D eigenvalue weighted by Crippen LogP contribution is -2.30. The van der Waals surface area contributed by atoms with Gasteiger partial charge in [-0.25, -0.2) is 0 Å². The first kappa shape index (κ1) is 18.2. The van der Waals surface area contributed by atoms with Gasteiger partial charge < -0.3 is 24.6 Å². The van der Waals surface area contributed by atoms with Gasteiger partial charge in [-0.2, -0.15) is 0 Å². The number of halogens is 1. The molecule has 2 N–H and O–H groups in total. The third-order valence-electron chi connectivity index (χ3n) is 2.86. The summed E-state index contributed by atoms with van der Waals surface area (Å²) in [6, 6.07) is 5.51. The van der Waals surface area contributed by atoms with E-state index in [0.717, 1.165) is 11.3 Å². The number of methoxy groups -OCH3 is 1. The third kappa shape index (κ3) is 7.11. The van der Waals surface area contributed by atoms with Crippen molar-refractivity contribution in [2.45, 2.75) is 19.6 Å². The van der Waals surface area contributed by atoms with E-state index >= 15 is 0 Å². The van der Waals surface area contributed by atoms with Gasteiger partial charge in [0.15, 0.2) is 0 Å². The second-order valence-corrected chi connectivity index (χ2v) is 4.88. The largest absolute Gasteiger partial charge is 0.496 e. The minimum Gasteiger partial charge on any atom is -0.496 e. The molecule has 0 amide bonds. The minimum absolute atomic E-state index is 0.278. The Balaban J connectivity index is 2.24. The Hall–Kier alpha value is -0.850. The summed E-state index contributed by atoms with van der Waals surface area (Å²) in [5.74, 6) is 0.734. The van der Waals surface area contributed by atoms with Crippen LogP contribution in [0, 0.1) is 0 Å². The molecule has 1 atom stereocenters. The van der Waals surface area contributed by atoms with Gasteiger partial charge in [0.2, 0.25) is 0 Å². The number of hydrogen-bond donors (Lipinski definition) is 2. The van der Waals surface area contributed by atoms with E-state index in [4.69, 9.17) is 25.8 Å². The van der Waals surface area contributed by atoms with Crippen molar-refractivity contribution >= 4 is 11.6 Å². The molecule has 0 saturated heterocycles. The lowest BCUT2D eigenvalue weighted by Gasteiger charge is -2.14. The van der Waals surface area contributed by atoms with Crippen LogP contribution in [-0.4, -0.2) is 51.3 Å². The zero-order chi connectivity index (χ0) is 15.5. The first-order valence-corrected chi connectivity index (χ1v) is 7.42. The molecule has 0 aromatic heterocycles. The van der Waals surface area contributed by atoms with Gasteiger partial charge in [0.05, 0.1) is 33.0 Å². The van der Waals surface area contributed by atoms with Gasteiger partial charge in [-0.1, -0.05) is 17.7 Å². The highest BCUT2D eigenvalue weighted by Crippen LogP contribution is 2.25. The van der Waals surface area contributed by atoms with E-state index in [1.54, 1.807) is 7.11 Å². The number of ether oxygens (including phenoxy) is 3. The van der Waals surface area contributed by atoms with E-state index in [2.05, 4.69) is 5.32 Å². The Labute approximate surface area is 131 Å². The number of nitrogens with one attached hydrogen (secondary N) is 1. The highest BCUT2D eigenvalue weighted by atomic mass is 35.5. The highest BCUT2D eigenvalue weighted by Gasteiger charge is 2.09. The fourth-order valence-electron chi connectivity index (χ4n) is 1.81. The molecule has 1 unspecified atom stereocenters. The van der Waals surface area contributed by atoms with Gasteiger partial charge in [0.25, 0.3) is 0 Å². The van der Waals surface area contributed by atoms with Crippen molar-refractivity contribution in [2.75, 3.05) is 40.1 Å². The molecule has 0 saturated carbocycles. The number of hydrogen-bond acceptors (Lipinski definition) is 5. The first-order valence-electron chi connectivity index (χ1n) is 7.04. The standard InChI is InChI=1S/C15H24ClNO4/c1-3-20-7-8-21-11-12(18)9-17-10-13-14(16)5-4-6-15(13)19-2/h4-6,12,17-18H,3,7-11H2,1-2H3. The minimum atomic E-state index is -0.569. The third-order valence-corrected chi connectivity index (χ3v) is 3.22. The van der Waals surface area contributed by atoms with Gasteiger partial charge in [-0.05, 0) is 19.1 Å². The number of rotatable bonds is 11. The Bertz CT molecular complexity index is 403. The fraction of sp³-hybridized carbons (Fsp3) is 0.600. The van der Waals surface area contributed by atoms with Crippen LogP contribution in [0.15, 0.2) is 18.2 Å². The number of aliphatic hydroxyl groups is 1. The molecular weight excluding hydrogens is 294 g/mol. The van der Waals surface area contributed by atoms with Gasteiger partial charge in [-0.3, -0.25) is 0 Å². The second-order valence-electron chi connectivity index (χ2n) is 4.48. The molecule has 1 aromatic rings. The van der Waals surface area contributed by atoms with Crippen LogP contribution < -0.4 is 10.1 Å². The van der Waals surface area contributed by atoms with Crippen LogP contribution in [0.1, 0.15) is 12.5 Å². The zero-order valence-electron chi connectivity index (χ0n) is 12.6. The zero-order valence-corrected chi connectivity index (χ0v) is 13.4. The quantitative estimate of drug-likeness (QED) is 0.610. The molecule has 0 aliphatic carbocycles. The SMILES string of the molecule is CCOCCOCC(O)CNCc1c(Cl)cccc1OC. The van der Waals surface area contributed by atoms with Crippen molar-refractivity contribution in [3.05, 3.63) is 28.8 Å². The van der Waals surface area contributed by atoms with E-state index in [0.29, 0.717) is 37.9 Å². The predicted octanol–water partition coefficient (Wildman–Crippen LogP) is 1.85. The van der Waals surface area contributed by atoms with Crippen molar-refractivity contribution in [3.63, 3.8) is 0 Å². The molecule has 0 heterocycles. The Kier molecular flexibility index (Phi) is 9.37. The molecule has 0 spiro atoms. The average molecular weight is 318 g/mol. The van der Waals surface area contributed by atoms with Crippen molar-refractivity contribution in [1.82, 2.24) is 5.32 Å². The lowest BCUT2D eigenvalue weighted by molar-refractivity contribution is 0.00641. The van der Waals surface area contributed by atoms with E-state index in [9.17, 15) is 5.11 Å². The first-order chi connectivity index (χ1) is 10.2. The van der Waals surface area contributed by atoms with Crippen LogP contribution in [-0.2, 0) is 16.0 Å². The topological polar surface area (TPSA) is 60.0 Å². The average Bonchev–Trinajstić information content (AvgIpc) is 2.48. The molecular formula is C15H24ClNO4. The number of benzene rings is 1. The highest BCUT2D eigenvalue weighted by molar-refractivity contribution is 6.31. The molecule has 0 aliphatic heterocycles. The molecule has 0 bridgehead atoms. The molecule has 5 nitrogen and oxygen atoms in total. The summed E-state index contributed by atoms with van der Waals surface area (Å²) in [5, 5.41) is 13.6. The summed E-state index contributed by atoms with van der Waals surface area (Å²) in [5.41, 5.74) is 0.881. The van der Waals surface area contributed by atoms with Gasteiger partial charge in [-0.15, -0.1) is 0 Å². The summed E-state index contributed by atoms with van der Waals surface area (Å²) < 4.78 is 15.7. The summed E-state index contributed by atoms with van der Waals surface area (Å²) in [6.07, 6.45) is -0.569. The molecule has 120 valence electrons. The Morgan fingerprint density at radius 2 is 2.05 bits per heavy atom. The molecule has 0 aliphatic rings. The van der Waals surface area contributed by atoms with Crippen LogP contribution in [0.4, 0.5) is 0 Å². The summed E-state index contributed by atoms with van der Waals surface area (Å²) in [7, 11) is 1.61. The predicted molar refractivity (Wildman–Crippen MR) is 83.0 cm³/mol. The molecule has 21 heavy (non-hydrogen) atoms. The van der Waals surface area contributed by atoms with Gasteiger partial charge >= 0.3 is 0 Å². The normalized spacial score (nSPS) is 12.4. The number of aliphatic hydroxyl groups excluding tert-OH is 1. The molecule has 6 heteroatoms. The maximum atomic E-state index is 9.79. The van der Waals surface area contributed by atoms with Crippen LogP contribution in [0.3, 0.4) is 0 Å². The van der Waals surface area contributed by atoms with Crippen LogP contribution >= 0.6 is 11.6 Å². The molecule has 1 aromatic carbocycles. The Morgan fingerprint density at radius 1 is 1.29 bits per heavy atom. The van der Waals surface area contributed by atoms with Crippen LogP contribution in [0.2, 0.25) is 5.02 Å². The molecule has 1 rings (SSSR count). The van der Waals surface area contributed by atoms with Crippen molar-refractivity contribution < 1.29 is 19.3 Å². The lowest BCUT2D eigenvalue weighted by atomic mass is 10.2. The van der Waals surface area contributed by atoms with E-state index in [1.165, 1.54) is 0 Å². The monoisotopic (exact) mass is 317 g/mol. The summed E-state index contributed by atoms with van der Waals surface area (Å²) >= 11 is 6.13. The van der Waals surface area contributed by atoms with E-state index < -0.39 is 6.10 Å². The second kappa shape index (κ2) is 10.8. The maximum absolute atomic E-state index is 9.79. The van der Waals surface area contributed by atoms with Crippen molar-refractivity contribution in [2.24, 2.45) is 0 Å². The molecule has 0 fully saturated rings. The van der Waals surface area contributed by atoms with Crippen LogP contribution in [0.25, 0.3) is 0 Å². The fourth-order valence-corrected chi connectivity index (χ4v) is 2.04. The molecule has 0 radical (unpaired) electrons. The van der Waals surface area contributed by atoms with Crippen molar-refractivity contribution in [1.29, 1.82) is 0 Å². The maximum Gasteiger partial charge on any atom is 0.124 e. The van der Waals surface area contributed by atoms with Crippen molar-refractivity contribution in [3.8, 4) is 5.75 Å². The van der Waals surface area contributed by atoms with Gasteiger partial charge in [0, 0.05) is 30.3 Å². The summed E-state index contributed by atoms with van der Waals surface area (Å²) in [4.78, 5) is 0.